The molecule has 0 heterocycles. The number of allylic oxidation sites excluding steroid dienone is 2. The Bertz CT molecular complexity index is 662. The molecular formula is C18H25BrO3Si. The van der Waals surface area contributed by atoms with Crippen molar-refractivity contribution in [2.75, 3.05) is 7.11 Å². The monoisotopic (exact) mass is 396 g/mol. The zero-order valence-corrected chi connectivity index (χ0v) is 17.5. The second-order valence-corrected chi connectivity index (χ2v) is 10.3. The van der Waals surface area contributed by atoms with E-state index in [-0.39, 0.29) is 11.2 Å². The fourth-order valence-electron chi connectivity index (χ4n) is 2.96. The van der Waals surface area contributed by atoms with E-state index in [4.69, 9.17) is 9.16 Å². The lowest BCUT2D eigenvalue weighted by Crippen LogP contribution is -2.24. The molecule has 0 amide bonds. The van der Waals surface area contributed by atoms with Gasteiger partial charge >= 0.3 is 0 Å². The number of methoxy groups -OCH3 is 1. The molecule has 126 valence electrons. The first-order valence-electron chi connectivity index (χ1n) is 7.92. The van der Waals surface area contributed by atoms with Crippen molar-refractivity contribution in [1.82, 2.24) is 0 Å². The van der Waals surface area contributed by atoms with Crippen molar-refractivity contribution in [3.05, 3.63) is 27.7 Å². The second kappa shape index (κ2) is 6.81. The highest BCUT2D eigenvalue weighted by molar-refractivity contribution is 9.10. The molecule has 0 atom stereocenters. The second-order valence-electron chi connectivity index (χ2n) is 7.20. The molecule has 3 nitrogen and oxygen atoms in total. The van der Waals surface area contributed by atoms with E-state index >= 15 is 0 Å². The van der Waals surface area contributed by atoms with Crippen LogP contribution in [-0.4, -0.2) is 21.9 Å². The van der Waals surface area contributed by atoms with Crippen LogP contribution in [0.2, 0.25) is 13.1 Å². The van der Waals surface area contributed by atoms with E-state index < -0.39 is 9.04 Å². The number of halogens is 1. The third-order valence-corrected chi connectivity index (χ3v) is 5.64. The lowest BCUT2D eigenvalue weighted by Gasteiger charge is -2.32. The van der Waals surface area contributed by atoms with E-state index in [1.54, 1.807) is 7.11 Å². The minimum Gasteiger partial charge on any atom is -0.546 e. The number of Topliss-reactive ketones (excluding diaryl/α,β-unsaturated/α-hetero) is 1. The van der Waals surface area contributed by atoms with Gasteiger partial charge in [-0.1, -0.05) is 13.8 Å². The Morgan fingerprint density at radius 2 is 1.87 bits per heavy atom. The predicted octanol–water partition coefficient (Wildman–Crippen LogP) is 4.98. The molecule has 0 saturated heterocycles. The van der Waals surface area contributed by atoms with Crippen molar-refractivity contribution in [2.45, 2.75) is 46.7 Å². The first-order valence-corrected chi connectivity index (χ1v) is 11.5. The molecule has 0 aliphatic heterocycles. The standard InChI is InChI=1S/C18H25BrO3Si/c1-11-14(9-18(2,3)10-15(11)20)13-7-12(21-4)8-16(17(13)19)22-23(5)6/h7-8,23H,9-10H2,1-6H3. The summed E-state index contributed by atoms with van der Waals surface area (Å²) >= 11 is 3.69. The molecule has 2 rings (SSSR count). The highest BCUT2D eigenvalue weighted by Gasteiger charge is 2.32. The van der Waals surface area contributed by atoms with Crippen LogP contribution in [0.3, 0.4) is 0 Å². The Morgan fingerprint density at radius 3 is 2.43 bits per heavy atom. The van der Waals surface area contributed by atoms with E-state index in [2.05, 4.69) is 42.9 Å². The topological polar surface area (TPSA) is 35.5 Å². The Morgan fingerprint density at radius 1 is 1.22 bits per heavy atom. The number of carbonyl (C=O) groups excluding carboxylic acids is 1. The van der Waals surface area contributed by atoms with E-state index in [9.17, 15) is 4.79 Å². The summed E-state index contributed by atoms with van der Waals surface area (Å²) in [6.07, 6.45) is 1.47. The zero-order valence-electron chi connectivity index (χ0n) is 14.7. The molecule has 5 heteroatoms. The van der Waals surface area contributed by atoms with Gasteiger partial charge < -0.3 is 9.16 Å². The van der Waals surface area contributed by atoms with Crippen LogP contribution in [0.5, 0.6) is 11.5 Å². The lowest BCUT2D eigenvalue weighted by atomic mass is 9.72. The van der Waals surface area contributed by atoms with Gasteiger partial charge in [0.15, 0.2) is 5.78 Å². The summed E-state index contributed by atoms with van der Waals surface area (Å²) < 4.78 is 12.4. The van der Waals surface area contributed by atoms with Crippen molar-refractivity contribution in [1.29, 1.82) is 0 Å². The average molecular weight is 397 g/mol. The molecule has 0 spiro atoms. The van der Waals surface area contributed by atoms with E-state index in [0.29, 0.717) is 6.42 Å². The molecule has 0 N–H and O–H groups in total. The highest BCUT2D eigenvalue weighted by atomic mass is 79.9. The molecule has 0 fully saturated rings. The minimum absolute atomic E-state index is 0.0255. The fraction of sp³-hybridized carbons (Fsp3) is 0.500. The number of ether oxygens (including phenoxy) is 1. The Hall–Kier alpha value is -1.07. The van der Waals surface area contributed by atoms with Crippen LogP contribution >= 0.6 is 15.9 Å². The van der Waals surface area contributed by atoms with Crippen LogP contribution in [0.25, 0.3) is 5.57 Å². The first-order chi connectivity index (χ1) is 10.6. The fourth-order valence-corrected chi connectivity index (χ4v) is 4.38. The third kappa shape index (κ3) is 4.07. The van der Waals surface area contributed by atoms with Crippen molar-refractivity contribution in [3.8, 4) is 11.5 Å². The number of hydrogen-bond donors (Lipinski definition) is 0. The minimum atomic E-state index is -1.24. The summed E-state index contributed by atoms with van der Waals surface area (Å²) in [5.74, 6) is 1.78. The van der Waals surface area contributed by atoms with Gasteiger partial charge in [0.1, 0.15) is 11.5 Å². The summed E-state index contributed by atoms with van der Waals surface area (Å²) in [6, 6.07) is 3.90. The molecule has 1 aliphatic rings. The normalized spacial score (nSPS) is 17.7. The summed E-state index contributed by atoms with van der Waals surface area (Å²) in [6.45, 7) is 10.5. The predicted molar refractivity (Wildman–Crippen MR) is 101 cm³/mol. The van der Waals surface area contributed by atoms with E-state index in [1.165, 1.54) is 0 Å². The van der Waals surface area contributed by atoms with Crippen LogP contribution in [0.4, 0.5) is 0 Å². The maximum atomic E-state index is 12.4. The Labute approximate surface area is 148 Å². The molecule has 0 bridgehead atoms. The van der Waals surface area contributed by atoms with Crippen molar-refractivity contribution in [3.63, 3.8) is 0 Å². The van der Waals surface area contributed by atoms with Crippen LogP contribution in [0.15, 0.2) is 22.2 Å². The van der Waals surface area contributed by atoms with Gasteiger partial charge in [0, 0.05) is 12.5 Å². The van der Waals surface area contributed by atoms with E-state index in [0.717, 1.165) is 39.1 Å². The maximum absolute atomic E-state index is 12.4. The van der Waals surface area contributed by atoms with Crippen LogP contribution in [0, 0.1) is 5.41 Å². The van der Waals surface area contributed by atoms with Gasteiger partial charge in [0.05, 0.1) is 11.6 Å². The number of rotatable bonds is 4. The van der Waals surface area contributed by atoms with Gasteiger partial charge in [-0.15, -0.1) is 0 Å². The number of carbonyl (C=O) groups is 1. The SMILES string of the molecule is COc1cc(O[SiH](C)C)c(Br)c(C2=C(C)C(=O)CC(C)(C)C2)c1. The summed E-state index contributed by atoms with van der Waals surface area (Å²) in [5, 5.41) is 0. The summed E-state index contributed by atoms with van der Waals surface area (Å²) in [7, 11) is 0.411. The molecular weight excluding hydrogens is 372 g/mol. The van der Waals surface area contributed by atoms with E-state index in [1.807, 2.05) is 19.1 Å². The maximum Gasteiger partial charge on any atom is 0.229 e. The average Bonchev–Trinajstić information content (AvgIpc) is 2.44. The van der Waals surface area contributed by atoms with Gasteiger partial charge in [-0.25, -0.2) is 0 Å². The van der Waals surface area contributed by atoms with Gasteiger partial charge in [-0.3, -0.25) is 4.79 Å². The van der Waals surface area contributed by atoms with Gasteiger partial charge in [-0.05, 0) is 70.6 Å². The Balaban J connectivity index is 2.62. The largest absolute Gasteiger partial charge is 0.546 e. The smallest absolute Gasteiger partial charge is 0.229 e. The highest BCUT2D eigenvalue weighted by Crippen LogP contribution is 2.46. The molecule has 1 aliphatic carbocycles. The molecule has 23 heavy (non-hydrogen) atoms. The number of benzene rings is 1. The van der Waals surface area contributed by atoms with Crippen molar-refractivity contribution in [2.24, 2.45) is 5.41 Å². The molecule has 0 radical (unpaired) electrons. The third-order valence-electron chi connectivity index (χ3n) is 4.10. The molecule has 1 aromatic carbocycles. The summed E-state index contributed by atoms with van der Waals surface area (Å²) in [5.41, 5.74) is 2.92. The molecule has 1 aromatic rings. The zero-order chi connectivity index (χ0) is 17.4. The first kappa shape index (κ1) is 18.3. The lowest BCUT2D eigenvalue weighted by molar-refractivity contribution is -0.117. The number of ketones is 1. The van der Waals surface area contributed by atoms with Crippen LogP contribution < -0.4 is 9.16 Å². The van der Waals surface area contributed by atoms with Crippen LogP contribution in [0.1, 0.15) is 39.2 Å². The van der Waals surface area contributed by atoms with Crippen molar-refractivity contribution >= 4 is 36.3 Å². The van der Waals surface area contributed by atoms with Gasteiger partial charge in [0.2, 0.25) is 9.04 Å². The van der Waals surface area contributed by atoms with Gasteiger partial charge in [0.25, 0.3) is 0 Å². The molecule has 0 unspecified atom stereocenters. The summed E-state index contributed by atoms with van der Waals surface area (Å²) in [4.78, 5) is 12.4. The molecule has 0 aromatic heterocycles. The Kier molecular flexibility index (Phi) is 5.41. The van der Waals surface area contributed by atoms with Crippen LogP contribution in [-0.2, 0) is 4.79 Å². The van der Waals surface area contributed by atoms with Crippen molar-refractivity contribution < 1.29 is 14.0 Å². The number of hydrogen-bond acceptors (Lipinski definition) is 3. The quantitative estimate of drug-likeness (QED) is 0.672. The van der Waals surface area contributed by atoms with Gasteiger partial charge in [-0.2, -0.15) is 0 Å². The molecule has 0 saturated carbocycles.